The van der Waals surface area contributed by atoms with Crippen molar-refractivity contribution in [1.29, 1.82) is 0 Å². The Bertz CT molecular complexity index is 512. The molecule has 2 N–H and O–H groups in total. The number of furan rings is 1. The van der Waals surface area contributed by atoms with Crippen molar-refractivity contribution in [1.82, 2.24) is 10.2 Å². The van der Waals surface area contributed by atoms with E-state index in [9.17, 15) is 9.59 Å². The number of nitrogens with zero attached hydrogens (tertiary/aromatic N) is 1. The van der Waals surface area contributed by atoms with Crippen molar-refractivity contribution in [3.8, 4) is 0 Å². The van der Waals surface area contributed by atoms with Gasteiger partial charge in [-0.3, -0.25) is 4.79 Å². The highest BCUT2D eigenvalue weighted by Crippen LogP contribution is 2.31. The number of aliphatic carboxylic acids is 1. The molecular weight excluding hydrogens is 272 g/mol. The van der Waals surface area contributed by atoms with Crippen LogP contribution in [0.3, 0.4) is 0 Å². The maximum atomic E-state index is 12.0. The number of hydrogen-bond acceptors (Lipinski definition) is 3. The first-order valence-corrected chi connectivity index (χ1v) is 7.24. The molecule has 0 aromatic carbocycles. The van der Waals surface area contributed by atoms with Crippen LogP contribution in [-0.4, -0.2) is 35.6 Å². The third-order valence-corrected chi connectivity index (χ3v) is 4.03. The molecule has 1 aromatic rings. The van der Waals surface area contributed by atoms with E-state index in [1.165, 1.54) is 4.90 Å². The summed E-state index contributed by atoms with van der Waals surface area (Å²) in [7, 11) is 1.69. The smallest absolute Gasteiger partial charge is 0.317 e. The SMILES string of the molecule is Cc1ccc(CN(C)C(=O)NCC2CCCC2C(=O)O)o1. The summed E-state index contributed by atoms with van der Waals surface area (Å²) in [5.41, 5.74) is 0. The van der Waals surface area contributed by atoms with Crippen LogP contribution >= 0.6 is 0 Å². The van der Waals surface area contributed by atoms with Crippen LogP contribution in [0, 0.1) is 18.8 Å². The fraction of sp³-hybridized carbons (Fsp3) is 0.600. The van der Waals surface area contributed by atoms with Gasteiger partial charge in [-0.2, -0.15) is 0 Å². The molecule has 0 bridgehead atoms. The number of carboxylic acid groups (broad SMARTS) is 1. The zero-order valence-corrected chi connectivity index (χ0v) is 12.5. The molecule has 0 aliphatic heterocycles. The van der Waals surface area contributed by atoms with Crippen LogP contribution in [0.25, 0.3) is 0 Å². The molecule has 2 amide bonds. The van der Waals surface area contributed by atoms with Gasteiger partial charge in [0.05, 0.1) is 12.5 Å². The van der Waals surface area contributed by atoms with Gasteiger partial charge in [-0.05, 0) is 37.8 Å². The minimum Gasteiger partial charge on any atom is -0.481 e. The first kappa shape index (κ1) is 15.4. The lowest BCUT2D eigenvalue weighted by molar-refractivity contribution is -0.142. The Balaban J connectivity index is 1.79. The van der Waals surface area contributed by atoms with Crippen molar-refractivity contribution in [2.45, 2.75) is 32.7 Å². The van der Waals surface area contributed by atoms with Gasteiger partial charge in [0.15, 0.2) is 0 Å². The summed E-state index contributed by atoms with van der Waals surface area (Å²) in [5, 5.41) is 11.9. The van der Waals surface area contributed by atoms with Crippen LogP contribution in [0.1, 0.15) is 30.8 Å². The maximum absolute atomic E-state index is 12.0. The number of nitrogens with one attached hydrogen (secondary N) is 1. The number of rotatable bonds is 5. The second kappa shape index (κ2) is 6.65. The molecule has 116 valence electrons. The number of carboxylic acids is 1. The van der Waals surface area contributed by atoms with Gasteiger partial charge in [0.2, 0.25) is 0 Å². The molecule has 0 spiro atoms. The van der Waals surface area contributed by atoms with Crippen molar-refractivity contribution in [2.75, 3.05) is 13.6 Å². The van der Waals surface area contributed by atoms with Crippen molar-refractivity contribution in [3.05, 3.63) is 23.7 Å². The van der Waals surface area contributed by atoms with E-state index in [1.54, 1.807) is 7.05 Å². The van der Waals surface area contributed by atoms with Crippen LogP contribution in [0.15, 0.2) is 16.5 Å². The fourth-order valence-corrected chi connectivity index (χ4v) is 2.84. The Morgan fingerprint density at radius 2 is 2.19 bits per heavy atom. The Morgan fingerprint density at radius 3 is 2.81 bits per heavy atom. The Morgan fingerprint density at radius 1 is 1.43 bits per heavy atom. The molecule has 2 rings (SSSR count). The Labute approximate surface area is 124 Å². The number of carbonyl (C=O) groups is 2. The quantitative estimate of drug-likeness (QED) is 0.872. The third-order valence-electron chi connectivity index (χ3n) is 4.03. The third kappa shape index (κ3) is 4.00. The van der Waals surface area contributed by atoms with Crippen LogP contribution in [0.2, 0.25) is 0 Å². The lowest BCUT2D eigenvalue weighted by Crippen LogP contribution is -2.40. The zero-order valence-electron chi connectivity index (χ0n) is 12.5. The van der Waals surface area contributed by atoms with Gasteiger partial charge in [0.1, 0.15) is 11.5 Å². The van der Waals surface area contributed by atoms with Gasteiger partial charge in [-0.1, -0.05) is 6.42 Å². The van der Waals surface area contributed by atoms with Gasteiger partial charge in [0.25, 0.3) is 0 Å². The van der Waals surface area contributed by atoms with E-state index in [-0.39, 0.29) is 17.9 Å². The normalized spacial score (nSPS) is 21.2. The number of hydrogen-bond donors (Lipinski definition) is 2. The molecule has 6 heteroatoms. The van der Waals surface area contributed by atoms with E-state index in [4.69, 9.17) is 9.52 Å². The summed E-state index contributed by atoms with van der Waals surface area (Å²) in [6.07, 6.45) is 2.48. The van der Waals surface area contributed by atoms with Gasteiger partial charge < -0.3 is 19.7 Å². The van der Waals surface area contributed by atoms with Crippen LogP contribution in [-0.2, 0) is 11.3 Å². The number of aryl methyl sites for hydroxylation is 1. The minimum absolute atomic E-state index is 0.0331. The molecule has 21 heavy (non-hydrogen) atoms. The maximum Gasteiger partial charge on any atom is 0.317 e. The van der Waals surface area contributed by atoms with E-state index in [0.717, 1.165) is 24.4 Å². The first-order valence-electron chi connectivity index (χ1n) is 7.24. The lowest BCUT2D eigenvalue weighted by Gasteiger charge is -2.20. The lowest BCUT2D eigenvalue weighted by atomic mass is 9.96. The van der Waals surface area contributed by atoms with Crippen LogP contribution in [0.4, 0.5) is 4.79 Å². The van der Waals surface area contributed by atoms with Gasteiger partial charge >= 0.3 is 12.0 Å². The molecule has 6 nitrogen and oxygen atoms in total. The van der Waals surface area contributed by atoms with Crippen LogP contribution in [0.5, 0.6) is 0 Å². The molecule has 1 fully saturated rings. The molecule has 1 aliphatic carbocycles. The number of amides is 2. The molecule has 0 radical (unpaired) electrons. The summed E-state index contributed by atoms with van der Waals surface area (Å²) in [6, 6.07) is 3.49. The Hall–Kier alpha value is -1.98. The van der Waals surface area contributed by atoms with Gasteiger partial charge in [0, 0.05) is 13.6 Å². The summed E-state index contributed by atoms with van der Waals surface area (Å²) in [5.74, 6) is 0.490. The predicted molar refractivity (Wildman–Crippen MR) is 76.8 cm³/mol. The fourth-order valence-electron chi connectivity index (χ4n) is 2.84. The van der Waals surface area contributed by atoms with E-state index in [1.807, 2.05) is 19.1 Å². The molecular formula is C15H22N2O4. The average Bonchev–Trinajstić information content (AvgIpc) is 3.04. The molecule has 1 aliphatic rings. The highest BCUT2D eigenvalue weighted by atomic mass is 16.4. The number of carbonyl (C=O) groups excluding carboxylic acids is 1. The molecule has 2 atom stereocenters. The average molecular weight is 294 g/mol. The number of urea groups is 1. The molecule has 2 unspecified atom stereocenters. The summed E-state index contributed by atoms with van der Waals surface area (Å²) in [4.78, 5) is 24.6. The van der Waals surface area contributed by atoms with E-state index in [2.05, 4.69) is 5.32 Å². The molecule has 1 heterocycles. The molecule has 1 saturated carbocycles. The molecule has 1 aromatic heterocycles. The highest BCUT2D eigenvalue weighted by Gasteiger charge is 2.33. The molecule has 0 saturated heterocycles. The second-order valence-corrected chi connectivity index (χ2v) is 5.69. The van der Waals surface area contributed by atoms with Gasteiger partial charge in [-0.15, -0.1) is 0 Å². The van der Waals surface area contributed by atoms with Crippen molar-refractivity contribution < 1.29 is 19.1 Å². The second-order valence-electron chi connectivity index (χ2n) is 5.69. The van der Waals surface area contributed by atoms with E-state index in [0.29, 0.717) is 19.5 Å². The van der Waals surface area contributed by atoms with E-state index < -0.39 is 5.97 Å². The monoisotopic (exact) mass is 294 g/mol. The van der Waals surface area contributed by atoms with Crippen molar-refractivity contribution in [3.63, 3.8) is 0 Å². The standard InChI is InChI=1S/C15H22N2O4/c1-10-6-7-12(21-10)9-17(2)15(20)16-8-11-4-3-5-13(11)14(18)19/h6-7,11,13H,3-5,8-9H2,1-2H3,(H,16,20)(H,18,19). The minimum atomic E-state index is -0.758. The van der Waals surface area contributed by atoms with Gasteiger partial charge in [-0.25, -0.2) is 4.79 Å². The zero-order chi connectivity index (χ0) is 15.4. The Kier molecular flexibility index (Phi) is 4.88. The summed E-state index contributed by atoms with van der Waals surface area (Å²) < 4.78 is 5.43. The predicted octanol–water partition coefficient (Wildman–Crippen LogP) is 2.23. The highest BCUT2D eigenvalue weighted by molar-refractivity contribution is 5.74. The van der Waals surface area contributed by atoms with Crippen molar-refractivity contribution >= 4 is 12.0 Å². The largest absolute Gasteiger partial charge is 0.481 e. The first-order chi connectivity index (χ1) is 9.97. The van der Waals surface area contributed by atoms with E-state index >= 15 is 0 Å². The van der Waals surface area contributed by atoms with Crippen molar-refractivity contribution in [2.24, 2.45) is 11.8 Å². The topological polar surface area (TPSA) is 82.8 Å². The summed E-state index contributed by atoms with van der Waals surface area (Å²) in [6.45, 7) is 2.67. The summed E-state index contributed by atoms with van der Waals surface area (Å²) >= 11 is 0. The van der Waals surface area contributed by atoms with Crippen LogP contribution < -0.4 is 5.32 Å².